The topological polar surface area (TPSA) is 231 Å². The van der Waals surface area contributed by atoms with Gasteiger partial charge >= 0.3 is 33.6 Å². The Hall–Kier alpha value is -4.83. The summed E-state index contributed by atoms with van der Waals surface area (Å²) < 4.78 is 61.0. The summed E-state index contributed by atoms with van der Waals surface area (Å²) in [5.41, 5.74) is 0. The van der Waals surface area contributed by atoms with Gasteiger partial charge in [0.05, 0.1) is 26.4 Å². The fourth-order valence-electron chi connectivity index (χ4n) is 9.16. The third kappa shape index (κ3) is 72.2. The average Bonchev–Trinajstić information content (AvgIpc) is 1.65. The Morgan fingerprint density at radius 3 is 0.866 bits per heavy atom. The van der Waals surface area contributed by atoms with Crippen LogP contribution in [0.4, 0.5) is 0 Å². The van der Waals surface area contributed by atoms with E-state index in [1.807, 2.05) is 0 Å². The lowest BCUT2D eigenvalue weighted by molar-refractivity contribution is -0.161. The van der Waals surface area contributed by atoms with E-state index in [-0.39, 0.29) is 19.3 Å². The van der Waals surface area contributed by atoms with E-state index in [1.54, 1.807) is 0 Å². The van der Waals surface area contributed by atoms with Crippen molar-refractivity contribution in [1.29, 1.82) is 0 Å². The van der Waals surface area contributed by atoms with Crippen molar-refractivity contribution < 1.29 is 75.8 Å². The van der Waals surface area contributed by atoms with Crippen LogP contribution in [0.25, 0.3) is 0 Å². The number of rotatable bonds is 68. The highest BCUT2D eigenvalue weighted by molar-refractivity contribution is 7.47. The minimum Gasteiger partial charge on any atom is -0.463 e. The molecule has 0 heterocycles. The minimum absolute atomic E-state index is 0.0654. The maximum Gasteiger partial charge on any atom is 0.472 e. The SMILES string of the molecule is CC/C=C\C/C=C\C/C=C\C/C=C\C/C=C\CCCCCCCC(=O)OCC(COP(=O)(O)OCC(O)COP(=O)(O)OCC(O)COC(=O)CCCCCCCCC/C=C\C/C=C\C/C=C\C/C=C\CCCCC)OC(=O)CCCCCC/C=C\C/C=C\C/C=C\C/C=C\CC. The monoisotopic (exact) mass is 1400 g/mol. The molecule has 0 aliphatic heterocycles. The van der Waals surface area contributed by atoms with E-state index in [1.165, 1.54) is 25.7 Å². The van der Waals surface area contributed by atoms with Gasteiger partial charge in [-0.25, -0.2) is 9.13 Å². The van der Waals surface area contributed by atoms with Crippen LogP contribution in [0.1, 0.15) is 265 Å². The van der Waals surface area contributed by atoms with Crippen molar-refractivity contribution >= 4 is 33.6 Å². The van der Waals surface area contributed by atoms with E-state index >= 15 is 0 Å². The fourth-order valence-corrected chi connectivity index (χ4v) is 10.7. The summed E-state index contributed by atoms with van der Waals surface area (Å²) >= 11 is 0. The van der Waals surface area contributed by atoms with Gasteiger partial charge in [0.15, 0.2) is 6.10 Å². The number of hydrogen-bond donors (Lipinski definition) is 4. The lowest BCUT2D eigenvalue weighted by Gasteiger charge is -2.21. The van der Waals surface area contributed by atoms with E-state index in [4.69, 9.17) is 32.3 Å². The highest BCUT2D eigenvalue weighted by Gasteiger charge is 2.29. The maximum atomic E-state index is 13.0. The first-order valence-corrected chi connectivity index (χ1v) is 39.8. The molecule has 4 N–H and O–H groups in total. The van der Waals surface area contributed by atoms with Crippen molar-refractivity contribution in [1.82, 2.24) is 0 Å². The highest BCUT2D eigenvalue weighted by atomic mass is 31.2. The summed E-state index contributed by atoms with van der Waals surface area (Å²) in [6.07, 6.45) is 87.1. The number of esters is 3. The van der Waals surface area contributed by atoms with Crippen molar-refractivity contribution in [2.75, 3.05) is 39.6 Å². The molecule has 0 aromatic rings. The fraction of sp³-hybridized carbons (Fsp3) is 0.633. The standard InChI is InChI=1S/C79H130O16P2/c1-4-7-10-13-16-19-22-25-28-31-33-35-36-38-40-42-44-47-50-53-56-59-62-65-77(82)89-68-74(80)69-91-96(85,86)92-70-75(81)71-93-97(87,88)94-73-76(95-79(84)67-64-61-58-55-52-49-46-41-30-27-24-21-18-15-12-9-6-3)72-90-78(83)66-63-60-57-54-51-48-45-43-39-37-34-32-29-26-23-20-17-14-11-8-5-2/h8-9,11-12,16-21,25-30,33-35,37-38,40,43,45-46,49,74-76,80-81H,4-7,10,13-15,22-24,31-32,36,39,41-42,44,47-48,50-73H2,1-3H3,(H,85,86)(H,87,88)/b11-8-,12-9-,19-16-,20-17-,21-18-,28-25-,29-26-,30-27-,35-33-,37-34-,40-38-,45-43-,49-46-. The summed E-state index contributed by atoms with van der Waals surface area (Å²) in [5, 5.41) is 20.6. The Morgan fingerprint density at radius 2 is 0.546 bits per heavy atom. The van der Waals surface area contributed by atoms with E-state index in [0.29, 0.717) is 19.3 Å². The van der Waals surface area contributed by atoms with Crippen LogP contribution in [0, 0.1) is 0 Å². The number of phosphoric acid groups is 2. The van der Waals surface area contributed by atoms with Gasteiger partial charge in [0.2, 0.25) is 0 Å². The second kappa shape index (κ2) is 71.0. The molecule has 97 heavy (non-hydrogen) atoms. The molecular formula is C79H130O16P2. The maximum absolute atomic E-state index is 13.0. The molecule has 0 rings (SSSR count). The number of carbonyl (C=O) groups excluding carboxylic acids is 3. The first-order valence-electron chi connectivity index (χ1n) is 36.8. The van der Waals surface area contributed by atoms with Crippen LogP contribution in [-0.2, 0) is 55.8 Å². The molecule has 552 valence electrons. The first kappa shape index (κ1) is 92.2. The molecule has 18 heteroatoms. The van der Waals surface area contributed by atoms with Crippen molar-refractivity contribution in [2.24, 2.45) is 0 Å². The Morgan fingerprint density at radius 1 is 0.299 bits per heavy atom. The van der Waals surface area contributed by atoms with E-state index in [0.717, 1.165) is 180 Å². The van der Waals surface area contributed by atoms with Crippen LogP contribution >= 0.6 is 15.6 Å². The second-order valence-corrected chi connectivity index (χ2v) is 26.9. The molecule has 0 fully saturated rings. The Balaban J connectivity index is 4.73. The average molecular weight is 1400 g/mol. The Kier molecular flexibility index (Phi) is 67.5. The van der Waals surface area contributed by atoms with Crippen LogP contribution in [0.15, 0.2) is 158 Å². The van der Waals surface area contributed by atoms with E-state index in [9.17, 15) is 43.5 Å². The normalized spacial score (nSPS) is 15.0. The van der Waals surface area contributed by atoms with Crippen molar-refractivity contribution in [3.05, 3.63) is 158 Å². The van der Waals surface area contributed by atoms with E-state index in [2.05, 4.69) is 179 Å². The quantitative estimate of drug-likeness (QED) is 0.0146. The van der Waals surface area contributed by atoms with Crippen LogP contribution in [0.3, 0.4) is 0 Å². The molecule has 5 atom stereocenters. The zero-order chi connectivity index (χ0) is 70.9. The molecule has 0 radical (unpaired) electrons. The van der Waals surface area contributed by atoms with E-state index < -0.39 is 91.5 Å². The molecule has 0 aromatic heterocycles. The summed E-state index contributed by atoms with van der Waals surface area (Å²) in [7, 11) is -9.81. The van der Waals surface area contributed by atoms with Gasteiger partial charge in [-0.05, 0) is 148 Å². The first-order chi connectivity index (χ1) is 47.2. The van der Waals surface area contributed by atoms with Crippen molar-refractivity contribution in [3.8, 4) is 0 Å². The lowest BCUT2D eigenvalue weighted by atomic mass is 10.1. The van der Waals surface area contributed by atoms with Gasteiger partial charge in [-0.2, -0.15) is 0 Å². The van der Waals surface area contributed by atoms with Crippen LogP contribution in [0.5, 0.6) is 0 Å². The third-order valence-electron chi connectivity index (χ3n) is 14.7. The molecule has 0 aliphatic rings. The molecule has 0 amide bonds. The highest BCUT2D eigenvalue weighted by Crippen LogP contribution is 2.45. The molecule has 0 aliphatic carbocycles. The Labute approximate surface area is 587 Å². The van der Waals surface area contributed by atoms with Gasteiger partial charge < -0.3 is 34.2 Å². The summed E-state index contributed by atoms with van der Waals surface area (Å²) in [6.45, 7) is 2.33. The molecule has 0 saturated carbocycles. The van der Waals surface area contributed by atoms with Gasteiger partial charge in [-0.15, -0.1) is 0 Å². The number of aliphatic hydroxyl groups is 2. The zero-order valence-electron chi connectivity index (χ0n) is 59.9. The van der Waals surface area contributed by atoms with Gasteiger partial charge in [-0.3, -0.25) is 32.5 Å². The molecule has 5 unspecified atom stereocenters. The zero-order valence-corrected chi connectivity index (χ0v) is 61.7. The van der Waals surface area contributed by atoms with Gasteiger partial charge in [0, 0.05) is 19.3 Å². The van der Waals surface area contributed by atoms with Crippen LogP contribution in [-0.4, -0.2) is 95.9 Å². The number of phosphoric ester groups is 2. The van der Waals surface area contributed by atoms with Crippen molar-refractivity contribution in [3.63, 3.8) is 0 Å². The number of carbonyl (C=O) groups is 3. The smallest absolute Gasteiger partial charge is 0.463 e. The minimum atomic E-state index is -4.95. The summed E-state index contributed by atoms with van der Waals surface area (Å²) in [5.74, 6) is -1.64. The Bertz CT molecular complexity index is 2400. The largest absolute Gasteiger partial charge is 0.472 e. The molecule has 16 nitrogen and oxygen atoms in total. The van der Waals surface area contributed by atoms with Gasteiger partial charge in [-0.1, -0.05) is 256 Å². The molecular weight excluding hydrogens is 1270 g/mol. The number of hydrogen-bond acceptors (Lipinski definition) is 14. The van der Waals surface area contributed by atoms with Crippen molar-refractivity contribution in [2.45, 2.75) is 283 Å². The summed E-state index contributed by atoms with van der Waals surface area (Å²) in [4.78, 5) is 58.6. The number of ether oxygens (including phenoxy) is 3. The molecule has 0 saturated heterocycles. The molecule has 0 spiro atoms. The van der Waals surface area contributed by atoms with Gasteiger partial charge in [0.1, 0.15) is 25.4 Å². The molecule has 0 bridgehead atoms. The predicted molar refractivity (Wildman–Crippen MR) is 399 cm³/mol. The predicted octanol–water partition coefficient (Wildman–Crippen LogP) is 21.1. The second-order valence-electron chi connectivity index (χ2n) is 24.0. The summed E-state index contributed by atoms with van der Waals surface area (Å²) in [6, 6.07) is 0. The van der Waals surface area contributed by atoms with Crippen LogP contribution < -0.4 is 0 Å². The number of allylic oxidation sites excluding steroid dienone is 26. The number of aliphatic hydroxyl groups excluding tert-OH is 2. The van der Waals surface area contributed by atoms with Crippen LogP contribution in [0.2, 0.25) is 0 Å². The van der Waals surface area contributed by atoms with Gasteiger partial charge in [0.25, 0.3) is 0 Å². The molecule has 0 aromatic carbocycles. The third-order valence-corrected chi connectivity index (χ3v) is 16.6. The number of unbranched alkanes of at least 4 members (excludes halogenated alkanes) is 19. The lowest BCUT2D eigenvalue weighted by Crippen LogP contribution is -2.30.